The minimum atomic E-state index is 0.000827. The van der Waals surface area contributed by atoms with E-state index in [9.17, 15) is 5.11 Å². The zero-order valence-corrected chi connectivity index (χ0v) is 10.9. The molecule has 0 bridgehead atoms. The van der Waals surface area contributed by atoms with Gasteiger partial charge in [0.15, 0.2) is 0 Å². The van der Waals surface area contributed by atoms with Crippen LogP contribution < -0.4 is 5.73 Å². The molecule has 1 atom stereocenters. The lowest BCUT2D eigenvalue weighted by atomic mass is 10.1. The first-order valence-corrected chi connectivity index (χ1v) is 6.51. The summed E-state index contributed by atoms with van der Waals surface area (Å²) in [5.41, 5.74) is 7.08. The SMILES string of the molecule is CC(CO)Sc1c(C(=N)N)cnc2ccccc12. The summed E-state index contributed by atoms with van der Waals surface area (Å²) in [6.07, 6.45) is 1.62. The van der Waals surface area contributed by atoms with Gasteiger partial charge in [0.2, 0.25) is 0 Å². The predicted molar refractivity (Wildman–Crippen MR) is 75.2 cm³/mol. The number of pyridine rings is 1. The lowest BCUT2D eigenvalue weighted by Gasteiger charge is -2.14. The van der Waals surface area contributed by atoms with E-state index in [1.807, 2.05) is 31.2 Å². The number of nitrogens with zero attached hydrogens (tertiary/aromatic N) is 1. The molecule has 0 fully saturated rings. The number of fused-ring (bicyclic) bond motifs is 1. The zero-order chi connectivity index (χ0) is 13.1. The van der Waals surface area contributed by atoms with E-state index in [1.54, 1.807) is 6.20 Å². The van der Waals surface area contributed by atoms with Crippen molar-refractivity contribution < 1.29 is 5.11 Å². The summed E-state index contributed by atoms with van der Waals surface area (Å²) in [5, 5.41) is 17.8. The number of amidine groups is 1. The van der Waals surface area contributed by atoms with Crippen molar-refractivity contribution in [1.82, 2.24) is 4.98 Å². The Labute approximate surface area is 110 Å². The molecule has 18 heavy (non-hydrogen) atoms. The molecule has 0 saturated heterocycles. The van der Waals surface area contributed by atoms with E-state index in [2.05, 4.69) is 4.98 Å². The number of aromatic nitrogens is 1. The minimum absolute atomic E-state index is 0.000827. The molecule has 1 aromatic carbocycles. The van der Waals surface area contributed by atoms with Crippen molar-refractivity contribution in [3.8, 4) is 0 Å². The molecule has 94 valence electrons. The van der Waals surface area contributed by atoms with Crippen LogP contribution in [-0.4, -0.2) is 27.8 Å². The lowest BCUT2D eigenvalue weighted by Crippen LogP contribution is -2.14. The second-order valence-electron chi connectivity index (χ2n) is 4.04. The highest BCUT2D eigenvalue weighted by Gasteiger charge is 2.14. The van der Waals surface area contributed by atoms with E-state index in [1.165, 1.54) is 11.8 Å². The largest absolute Gasteiger partial charge is 0.395 e. The van der Waals surface area contributed by atoms with E-state index < -0.39 is 0 Å². The van der Waals surface area contributed by atoms with Gasteiger partial charge in [-0.25, -0.2) is 0 Å². The molecule has 0 amide bonds. The summed E-state index contributed by atoms with van der Waals surface area (Å²) in [5.74, 6) is 0.000827. The molecule has 0 spiro atoms. The normalized spacial score (nSPS) is 12.6. The van der Waals surface area contributed by atoms with Crippen molar-refractivity contribution in [2.75, 3.05) is 6.61 Å². The topological polar surface area (TPSA) is 83.0 Å². The van der Waals surface area contributed by atoms with E-state index in [4.69, 9.17) is 11.1 Å². The van der Waals surface area contributed by atoms with Crippen LogP contribution in [0.5, 0.6) is 0 Å². The summed E-state index contributed by atoms with van der Waals surface area (Å²) < 4.78 is 0. The lowest BCUT2D eigenvalue weighted by molar-refractivity contribution is 0.300. The van der Waals surface area contributed by atoms with Gasteiger partial charge in [-0.1, -0.05) is 25.1 Å². The molecular weight excluding hydrogens is 246 g/mol. The Balaban J connectivity index is 2.62. The molecule has 4 N–H and O–H groups in total. The van der Waals surface area contributed by atoms with Crippen LogP contribution >= 0.6 is 11.8 Å². The van der Waals surface area contributed by atoms with Crippen molar-refractivity contribution in [2.24, 2.45) is 5.73 Å². The highest BCUT2D eigenvalue weighted by molar-refractivity contribution is 8.00. The molecule has 0 aliphatic rings. The van der Waals surface area contributed by atoms with Gasteiger partial charge in [-0.3, -0.25) is 10.4 Å². The Morgan fingerprint density at radius 1 is 1.50 bits per heavy atom. The number of hydrogen-bond donors (Lipinski definition) is 3. The molecule has 2 rings (SSSR count). The molecule has 0 saturated carbocycles. The number of para-hydroxylation sites is 1. The van der Waals surface area contributed by atoms with Crippen LogP contribution in [-0.2, 0) is 0 Å². The van der Waals surface area contributed by atoms with Gasteiger partial charge in [0.05, 0.1) is 12.1 Å². The van der Waals surface area contributed by atoms with Crippen molar-refractivity contribution in [2.45, 2.75) is 17.1 Å². The number of benzene rings is 1. The van der Waals surface area contributed by atoms with E-state index in [0.29, 0.717) is 5.56 Å². The van der Waals surface area contributed by atoms with Gasteiger partial charge in [0.1, 0.15) is 5.84 Å². The molecule has 1 aromatic heterocycles. The van der Waals surface area contributed by atoms with E-state index >= 15 is 0 Å². The first kappa shape index (κ1) is 12.9. The molecule has 2 aromatic rings. The van der Waals surface area contributed by atoms with Gasteiger partial charge >= 0.3 is 0 Å². The van der Waals surface area contributed by atoms with Crippen LogP contribution in [0.25, 0.3) is 10.9 Å². The van der Waals surface area contributed by atoms with Crippen LogP contribution in [0, 0.1) is 5.41 Å². The number of rotatable bonds is 4. The van der Waals surface area contributed by atoms with Crippen LogP contribution in [0.15, 0.2) is 35.4 Å². The third-order valence-corrected chi connectivity index (χ3v) is 3.82. The van der Waals surface area contributed by atoms with Gasteiger partial charge in [-0.2, -0.15) is 0 Å². The first-order valence-electron chi connectivity index (χ1n) is 5.63. The predicted octanol–water partition coefficient (Wildman–Crippen LogP) is 1.99. The smallest absolute Gasteiger partial charge is 0.125 e. The average molecular weight is 261 g/mol. The third-order valence-electron chi connectivity index (χ3n) is 2.59. The summed E-state index contributed by atoms with van der Waals surface area (Å²) >= 11 is 1.52. The number of nitrogens with two attached hydrogens (primary N) is 1. The average Bonchev–Trinajstić information content (AvgIpc) is 2.38. The highest BCUT2D eigenvalue weighted by Crippen LogP contribution is 2.32. The quantitative estimate of drug-likeness (QED) is 0.446. The van der Waals surface area contributed by atoms with Gasteiger partial charge in [0, 0.05) is 27.3 Å². The summed E-state index contributed by atoms with van der Waals surface area (Å²) in [6, 6.07) is 7.74. The van der Waals surface area contributed by atoms with E-state index in [-0.39, 0.29) is 17.7 Å². The maximum atomic E-state index is 9.18. The molecule has 1 unspecified atom stereocenters. The Hall–Kier alpha value is -1.59. The second kappa shape index (κ2) is 5.37. The standard InChI is InChI=1S/C13H15N3OS/c1-8(7-17)18-12-9-4-2-3-5-11(9)16-6-10(12)13(14)15/h2-6,8,17H,7H2,1H3,(H3,14,15). The zero-order valence-electron chi connectivity index (χ0n) is 10.1. The molecule has 4 nitrogen and oxygen atoms in total. The van der Waals surface area contributed by atoms with Gasteiger partial charge in [-0.15, -0.1) is 11.8 Å². The van der Waals surface area contributed by atoms with Crippen molar-refractivity contribution in [3.63, 3.8) is 0 Å². The van der Waals surface area contributed by atoms with Gasteiger partial charge in [-0.05, 0) is 6.07 Å². The van der Waals surface area contributed by atoms with Crippen LogP contribution in [0.1, 0.15) is 12.5 Å². The third kappa shape index (κ3) is 2.47. The Morgan fingerprint density at radius 3 is 2.89 bits per heavy atom. The fraction of sp³-hybridized carbons (Fsp3) is 0.231. The number of nitrogen functional groups attached to an aromatic ring is 1. The maximum Gasteiger partial charge on any atom is 0.125 e. The Kier molecular flexibility index (Phi) is 3.84. The molecule has 0 radical (unpaired) electrons. The summed E-state index contributed by atoms with van der Waals surface area (Å²) in [7, 11) is 0. The van der Waals surface area contributed by atoms with Gasteiger partial charge in [0.25, 0.3) is 0 Å². The van der Waals surface area contributed by atoms with Crippen LogP contribution in [0.4, 0.5) is 0 Å². The Morgan fingerprint density at radius 2 is 2.22 bits per heavy atom. The summed E-state index contributed by atoms with van der Waals surface area (Å²) in [6.45, 7) is 2.02. The highest BCUT2D eigenvalue weighted by atomic mass is 32.2. The van der Waals surface area contributed by atoms with Crippen molar-refractivity contribution in [1.29, 1.82) is 5.41 Å². The summed E-state index contributed by atoms with van der Waals surface area (Å²) in [4.78, 5) is 5.21. The monoisotopic (exact) mass is 261 g/mol. The second-order valence-corrected chi connectivity index (χ2v) is 5.49. The number of hydrogen-bond acceptors (Lipinski definition) is 4. The minimum Gasteiger partial charge on any atom is -0.395 e. The number of nitrogens with one attached hydrogen (secondary N) is 1. The van der Waals surface area contributed by atoms with Crippen LogP contribution in [0.3, 0.4) is 0 Å². The molecular formula is C13H15N3OS. The van der Waals surface area contributed by atoms with Crippen LogP contribution in [0.2, 0.25) is 0 Å². The number of aliphatic hydroxyl groups is 1. The van der Waals surface area contributed by atoms with Crippen molar-refractivity contribution >= 4 is 28.5 Å². The van der Waals surface area contributed by atoms with Crippen molar-refractivity contribution in [3.05, 3.63) is 36.0 Å². The Bertz CT molecular complexity index is 585. The number of aliphatic hydroxyl groups excluding tert-OH is 1. The molecule has 5 heteroatoms. The fourth-order valence-corrected chi connectivity index (χ4v) is 2.74. The van der Waals surface area contributed by atoms with Gasteiger partial charge < -0.3 is 10.8 Å². The van der Waals surface area contributed by atoms with E-state index in [0.717, 1.165) is 15.8 Å². The fourth-order valence-electron chi connectivity index (χ4n) is 1.67. The maximum absolute atomic E-state index is 9.18. The molecule has 0 aliphatic heterocycles. The number of thioether (sulfide) groups is 1. The molecule has 0 aliphatic carbocycles. The molecule has 1 heterocycles. The first-order chi connectivity index (χ1) is 8.63.